The lowest BCUT2D eigenvalue weighted by molar-refractivity contribution is -0.131. The first kappa shape index (κ1) is 9.54. The topological polar surface area (TPSA) is 76.2 Å². The summed E-state index contributed by atoms with van der Waals surface area (Å²) in [7, 11) is 0. The molecule has 0 aliphatic carbocycles. The fourth-order valence-electron chi connectivity index (χ4n) is 0.760. The van der Waals surface area contributed by atoms with E-state index in [1.807, 2.05) is 0 Å². The Morgan fingerprint density at radius 1 is 1.69 bits per heavy atom. The van der Waals surface area contributed by atoms with Gasteiger partial charge < -0.3 is 10.8 Å². The van der Waals surface area contributed by atoms with Crippen molar-refractivity contribution in [3.63, 3.8) is 0 Å². The highest BCUT2D eigenvalue weighted by Gasteiger charge is 1.98. The maximum atomic E-state index is 10.2. The van der Waals surface area contributed by atoms with E-state index in [1.165, 1.54) is 12.3 Å². The molecule has 1 heterocycles. The van der Waals surface area contributed by atoms with Crippen LogP contribution in [0.4, 0.5) is 5.82 Å². The molecule has 0 radical (unpaired) electrons. The molecule has 0 atom stereocenters. The second-order valence-corrected chi connectivity index (χ2v) is 2.74. The zero-order valence-corrected chi connectivity index (χ0v) is 7.32. The number of nitrogen functional groups attached to an aromatic ring is 1. The Morgan fingerprint density at radius 2 is 2.38 bits per heavy atom. The highest BCUT2D eigenvalue weighted by atomic mass is 35.5. The number of pyridine rings is 1. The summed E-state index contributed by atoms with van der Waals surface area (Å²) in [6, 6.07) is 1.54. The lowest BCUT2D eigenvalue weighted by Gasteiger charge is -1.98. The number of carbonyl (C=O) groups is 1. The molecule has 1 aromatic heterocycles. The van der Waals surface area contributed by atoms with E-state index >= 15 is 0 Å². The van der Waals surface area contributed by atoms with Gasteiger partial charge in [0.25, 0.3) is 0 Å². The van der Waals surface area contributed by atoms with Gasteiger partial charge in [0.15, 0.2) is 0 Å². The van der Waals surface area contributed by atoms with Gasteiger partial charge in [0, 0.05) is 17.8 Å². The molecule has 0 aliphatic heterocycles. The average Bonchev–Trinajstić information content (AvgIpc) is 2.06. The van der Waals surface area contributed by atoms with E-state index in [0.29, 0.717) is 10.6 Å². The predicted octanol–water partition coefficient (Wildman–Crippen LogP) is 1.42. The first-order chi connectivity index (χ1) is 6.09. The minimum atomic E-state index is -1.04. The van der Waals surface area contributed by atoms with Crippen molar-refractivity contribution in [1.82, 2.24) is 4.98 Å². The monoisotopic (exact) mass is 198 g/mol. The normalized spacial score (nSPS) is 10.5. The molecule has 0 amide bonds. The van der Waals surface area contributed by atoms with Crippen molar-refractivity contribution < 1.29 is 9.90 Å². The summed E-state index contributed by atoms with van der Waals surface area (Å²) in [6.45, 7) is 0. The minimum Gasteiger partial charge on any atom is -0.478 e. The fraction of sp³-hybridized carbons (Fsp3) is 0. The van der Waals surface area contributed by atoms with Crippen molar-refractivity contribution in [2.75, 3.05) is 5.73 Å². The molecule has 0 bridgehead atoms. The van der Waals surface area contributed by atoms with Gasteiger partial charge in [-0.05, 0) is 12.1 Å². The van der Waals surface area contributed by atoms with Crippen LogP contribution >= 0.6 is 11.6 Å². The lowest BCUT2D eigenvalue weighted by Crippen LogP contribution is -1.94. The molecule has 0 saturated heterocycles. The highest BCUT2D eigenvalue weighted by Crippen LogP contribution is 2.15. The third kappa shape index (κ3) is 2.76. The van der Waals surface area contributed by atoms with Crippen LogP contribution in [0.1, 0.15) is 5.56 Å². The summed E-state index contributed by atoms with van der Waals surface area (Å²) in [5, 5.41) is 8.77. The molecule has 1 aromatic rings. The van der Waals surface area contributed by atoms with Crippen molar-refractivity contribution in [3.05, 3.63) is 28.9 Å². The lowest BCUT2D eigenvalue weighted by atomic mass is 10.2. The predicted molar refractivity (Wildman–Crippen MR) is 50.3 cm³/mol. The third-order valence-corrected chi connectivity index (χ3v) is 1.53. The van der Waals surface area contributed by atoms with Crippen LogP contribution in [0.15, 0.2) is 18.3 Å². The number of carboxylic acids is 1. The van der Waals surface area contributed by atoms with Crippen molar-refractivity contribution >= 4 is 29.5 Å². The van der Waals surface area contributed by atoms with Gasteiger partial charge in [-0.1, -0.05) is 11.6 Å². The van der Waals surface area contributed by atoms with Gasteiger partial charge in [-0.15, -0.1) is 0 Å². The second-order valence-electron chi connectivity index (χ2n) is 2.30. The van der Waals surface area contributed by atoms with Gasteiger partial charge in [0.2, 0.25) is 0 Å². The Bertz CT molecular complexity index is 363. The summed E-state index contributed by atoms with van der Waals surface area (Å²) in [5.74, 6) is -0.790. The highest BCUT2D eigenvalue weighted by molar-refractivity contribution is 6.30. The van der Waals surface area contributed by atoms with Crippen LogP contribution in [0.2, 0.25) is 5.02 Å². The Balaban J connectivity index is 3.00. The van der Waals surface area contributed by atoms with E-state index in [4.69, 9.17) is 22.4 Å². The number of hydrogen-bond acceptors (Lipinski definition) is 3. The fourth-order valence-corrected chi connectivity index (χ4v) is 0.926. The number of aromatic nitrogens is 1. The molecule has 0 unspecified atom stereocenters. The van der Waals surface area contributed by atoms with Crippen molar-refractivity contribution in [2.45, 2.75) is 0 Å². The molecule has 0 aromatic carbocycles. The van der Waals surface area contributed by atoms with Gasteiger partial charge in [-0.2, -0.15) is 0 Å². The van der Waals surface area contributed by atoms with Gasteiger partial charge in [-0.3, -0.25) is 0 Å². The van der Waals surface area contributed by atoms with Gasteiger partial charge in [0.05, 0.1) is 5.02 Å². The third-order valence-electron chi connectivity index (χ3n) is 1.32. The molecule has 0 spiro atoms. The smallest absolute Gasteiger partial charge is 0.328 e. The number of rotatable bonds is 2. The standard InChI is InChI=1S/C8H7ClN2O2/c9-6-3-5(1-2-7(12)13)8(10)11-4-6/h1-4H,(H2,10,11)(H,12,13). The minimum absolute atomic E-state index is 0.252. The van der Waals surface area contributed by atoms with Gasteiger partial charge in [-0.25, -0.2) is 9.78 Å². The van der Waals surface area contributed by atoms with Crippen molar-refractivity contribution in [1.29, 1.82) is 0 Å². The molecular weight excluding hydrogens is 192 g/mol. The van der Waals surface area contributed by atoms with E-state index in [2.05, 4.69) is 4.98 Å². The van der Waals surface area contributed by atoms with E-state index in [0.717, 1.165) is 6.08 Å². The number of anilines is 1. The molecule has 0 aliphatic rings. The van der Waals surface area contributed by atoms with Crippen molar-refractivity contribution in [2.24, 2.45) is 0 Å². The molecule has 5 heteroatoms. The van der Waals surface area contributed by atoms with Gasteiger partial charge >= 0.3 is 5.97 Å². The first-order valence-corrected chi connectivity index (χ1v) is 3.79. The van der Waals surface area contributed by atoms with Crippen LogP contribution < -0.4 is 5.73 Å². The van der Waals surface area contributed by atoms with Crippen LogP contribution in [0.5, 0.6) is 0 Å². The molecule has 1 rings (SSSR count). The average molecular weight is 199 g/mol. The quantitative estimate of drug-likeness (QED) is 0.705. The maximum absolute atomic E-state index is 10.2. The summed E-state index contributed by atoms with van der Waals surface area (Å²) >= 11 is 5.63. The molecule has 3 N–H and O–H groups in total. The van der Waals surface area contributed by atoms with Gasteiger partial charge in [0.1, 0.15) is 5.82 Å². The Kier molecular flexibility index (Phi) is 2.87. The molecule has 0 saturated carbocycles. The molecule has 0 fully saturated rings. The van der Waals surface area contributed by atoms with E-state index in [-0.39, 0.29) is 5.82 Å². The number of nitrogens with zero attached hydrogens (tertiary/aromatic N) is 1. The zero-order valence-electron chi connectivity index (χ0n) is 6.57. The van der Waals surface area contributed by atoms with Crippen LogP contribution in [-0.4, -0.2) is 16.1 Å². The molecule has 4 nitrogen and oxygen atoms in total. The summed E-state index contributed by atoms with van der Waals surface area (Å²) < 4.78 is 0. The van der Waals surface area contributed by atoms with Crippen molar-refractivity contribution in [3.8, 4) is 0 Å². The first-order valence-electron chi connectivity index (χ1n) is 3.41. The number of hydrogen-bond donors (Lipinski definition) is 2. The Morgan fingerprint density at radius 3 is 3.00 bits per heavy atom. The number of nitrogens with two attached hydrogens (primary N) is 1. The Hall–Kier alpha value is -1.55. The van der Waals surface area contributed by atoms with E-state index in [1.54, 1.807) is 6.07 Å². The SMILES string of the molecule is Nc1ncc(Cl)cc1C=CC(=O)O. The molecule has 13 heavy (non-hydrogen) atoms. The van der Waals surface area contributed by atoms with Crippen LogP contribution in [0.3, 0.4) is 0 Å². The zero-order chi connectivity index (χ0) is 9.84. The van der Waals surface area contributed by atoms with E-state index in [9.17, 15) is 4.79 Å². The maximum Gasteiger partial charge on any atom is 0.328 e. The summed E-state index contributed by atoms with van der Waals surface area (Å²) in [4.78, 5) is 13.9. The number of carboxylic acid groups (broad SMARTS) is 1. The number of halogens is 1. The van der Waals surface area contributed by atoms with Crippen LogP contribution in [0, 0.1) is 0 Å². The number of aliphatic carboxylic acids is 1. The molecular formula is C8H7ClN2O2. The largest absolute Gasteiger partial charge is 0.478 e. The summed E-state index contributed by atoms with van der Waals surface area (Å²) in [6.07, 6.45) is 3.72. The van der Waals surface area contributed by atoms with Crippen LogP contribution in [-0.2, 0) is 4.79 Å². The van der Waals surface area contributed by atoms with E-state index < -0.39 is 5.97 Å². The van der Waals surface area contributed by atoms with Crippen LogP contribution in [0.25, 0.3) is 6.08 Å². The Labute approximate surface area is 79.7 Å². The molecule has 68 valence electrons. The second kappa shape index (κ2) is 3.91. The summed E-state index contributed by atoms with van der Waals surface area (Å²) in [5.41, 5.74) is 5.96.